The minimum Gasteiger partial charge on any atom is -0.423 e. The third-order valence-corrected chi connectivity index (χ3v) is 5.94. The van der Waals surface area contributed by atoms with Crippen LogP contribution in [0.4, 0.5) is 16.2 Å². The Kier molecular flexibility index (Phi) is 5.38. The summed E-state index contributed by atoms with van der Waals surface area (Å²) in [5.41, 5.74) is 3.22. The number of aromatic nitrogens is 6. The summed E-state index contributed by atoms with van der Waals surface area (Å²) < 4.78 is 19.4. The van der Waals surface area contributed by atoms with Crippen LogP contribution in [0.3, 0.4) is 0 Å². The first-order valence-corrected chi connectivity index (χ1v) is 11.3. The second kappa shape index (κ2) is 8.86. The number of aliphatic imine (C=N–C) groups is 1. The predicted molar refractivity (Wildman–Crippen MR) is 133 cm³/mol. The number of oxazole rings is 1. The fourth-order valence-electron chi connectivity index (χ4n) is 3.93. The molecule has 2 aromatic carbocycles. The van der Waals surface area contributed by atoms with Gasteiger partial charge in [0.2, 0.25) is 11.8 Å². The summed E-state index contributed by atoms with van der Waals surface area (Å²) in [7, 11) is 0. The number of nitrogens with one attached hydrogen (secondary N) is 2. The molecule has 1 aliphatic heterocycles. The van der Waals surface area contributed by atoms with Crippen molar-refractivity contribution in [2.24, 2.45) is 4.99 Å². The summed E-state index contributed by atoms with van der Waals surface area (Å²) in [6.07, 6.45) is 3.63. The van der Waals surface area contributed by atoms with Crippen molar-refractivity contribution in [3.63, 3.8) is 0 Å². The molecule has 2 N–H and O–H groups in total. The first-order valence-electron chi connectivity index (χ1n) is 10.9. The van der Waals surface area contributed by atoms with E-state index in [-0.39, 0.29) is 12.1 Å². The van der Waals surface area contributed by atoms with E-state index in [0.717, 1.165) is 11.3 Å². The van der Waals surface area contributed by atoms with Gasteiger partial charge < -0.3 is 4.42 Å². The van der Waals surface area contributed by atoms with Gasteiger partial charge >= 0.3 is 6.01 Å². The largest absolute Gasteiger partial charge is 0.423 e. The molecule has 0 fully saturated rings. The number of H-pyrrole nitrogens is 1. The van der Waals surface area contributed by atoms with Gasteiger partial charge in [-0.05, 0) is 54.1 Å². The lowest BCUT2D eigenvalue weighted by Crippen LogP contribution is -2.38. The van der Waals surface area contributed by atoms with Gasteiger partial charge in [-0.2, -0.15) is 10.2 Å². The minimum absolute atomic E-state index is 0.162. The van der Waals surface area contributed by atoms with Gasteiger partial charge in [0.1, 0.15) is 23.2 Å². The number of hydrogen-bond donors (Lipinski definition) is 2. The summed E-state index contributed by atoms with van der Waals surface area (Å²) >= 11 is 6.47. The topological polar surface area (TPSA) is 121 Å². The standard InChI is InChI=1S/C24H17ClFN9O/c1-13-10-19(16-4-2-3-5-17(16)25)28-23(30-24-29-18-8-7-15(26)11-20(18)36-24)35(13)21-9-6-14(12-27-21)22-31-33-34-32-22/h2-12,19H,1H3,(H,28,29,30)(H,31,32,33,34). The number of tetrazole rings is 1. The number of halogens is 2. The van der Waals surface area contributed by atoms with Gasteiger partial charge in [0.05, 0.1) is 0 Å². The molecule has 1 atom stereocenters. The summed E-state index contributed by atoms with van der Waals surface area (Å²) in [6, 6.07) is 15.1. The molecule has 0 aliphatic carbocycles. The molecule has 178 valence electrons. The number of benzene rings is 2. The van der Waals surface area contributed by atoms with Crippen molar-refractivity contribution in [1.82, 2.24) is 30.6 Å². The molecule has 10 nitrogen and oxygen atoms in total. The van der Waals surface area contributed by atoms with E-state index < -0.39 is 5.82 Å². The van der Waals surface area contributed by atoms with Crippen LogP contribution >= 0.6 is 11.6 Å². The maximum Gasteiger partial charge on any atom is 0.302 e. The molecule has 1 unspecified atom stereocenters. The van der Waals surface area contributed by atoms with Gasteiger partial charge in [0, 0.05) is 28.5 Å². The van der Waals surface area contributed by atoms with Crippen LogP contribution in [0, 0.1) is 5.82 Å². The van der Waals surface area contributed by atoms with Gasteiger partial charge in [-0.1, -0.05) is 29.8 Å². The van der Waals surface area contributed by atoms with E-state index in [0.29, 0.717) is 39.3 Å². The molecule has 6 rings (SSSR count). The summed E-state index contributed by atoms with van der Waals surface area (Å²) in [5.74, 6) is 1.02. The van der Waals surface area contributed by atoms with Crippen molar-refractivity contribution in [3.05, 3.63) is 89.0 Å². The quantitative estimate of drug-likeness (QED) is 0.347. The number of aromatic amines is 1. The molecule has 12 heteroatoms. The molecule has 0 spiro atoms. The molecule has 0 saturated heterocycles. The molecular weight excluding hydrogens is 485 g/mol. The number of fused-ring (bicyclic) bond motifs is 1. The fraction of sp³-hybridized carbons (Fsp3) is 0.0833. The van der Waals surface area contributed by atoms with E-state index in [1.165, 1.54) is 12.1 Å². The van der Waals surface area contributed by atoms with Gasteiger partial charge in [-0.15, -0.1) is 10.2 Å². The Hall–Kier alpha value is -4.64. The smallest absolute Gasteiger partial charge is 0.302 e. The van der Waals surface area contributed by atoms with Gasteiger partial charge in [-0.3, -0.25) is 10.2 Å². The van der Waals surface area contributed by atoms with E-state index in [9.17, 15) is 4.39 Å². The summed E-state index contributed by atoms with van der Waals surface area (Å²) in [5, 5.41) is 17.7. The molecule has 0 radical (unpaired) electrons. The van der Waals surface area contributed by atoms with Crippen LogP contribution in [0.1, 0.15) is 18.5 Å². The lowest BCUT2D eigenvalue weighted by molar-refractivity contribution is 0.604. The number of pyridine rings is 1. The summed E-state index contributed by atoms with van der Waals surface area (Å²) in [4.78, 5) is 15.7. The highest BCUT2D eigenvalue weighted by Crippen LogP contribution is 2.34. The van der Waals surface area contributed by atoms with Crippen LogP contribution in [0.2, 0.25) is 5.02 Å². The highest BCUT2D eigenvalue weighted by atomic mass is 35.5. The highest BCUT2D eigenvalue weighted by Gasteiger charge is 2.27. The van der Waals surface area contributed by atoms with E-state index in [2.05, 4.69) is 35.9 Å². The van der Waals surface area contributed by atoms with Gasteiger partial charge in [-0.25, -0.2) is 14.4 Å². The van der Waals surface area contributed by atoms with Crippen LogP contribution in [-0.4, -0.2) is 36.6 Å². The Labute approximate surface area is 208 Å². The van der Waals surface area contributed by atoms with Crippen LogP contribution in [-0.2, 0) is 0 Å². The number of anilines is 2. The molecule has 0 amide bonds. The van der Waals surface area contributed by atoms with Crippen molar-refractivity contribution in [2.45, 2.75) is 13.0 Å². The van der Waals surface area contributed by atoms with Crippen LogP contribution in [0.15, 0.2) is 82.0 Å². The van der Waals surface area contributed by atoms with E-state index in [1.54, 1.807) is 12.3 Å². The first-order chi connectivity index (χ1) is 17.5. The number of rotatable bonds is 4. The molecule has 4 heterocycles. The third-order valence-electron chi connectivity index (χ3n) is 5.60. The summed E-state index contributed by atoms with van der Waals surface area (Å²) in [6.45, 7) is 1.94. The molecule has 36 heavy (non-hydrogen) atoms. The lowest BCUT2D eigenvalue weighted by Gasteiger charge is -2.31. The molecule has 3 aromatic heterocycles. The first kappa shape index (κ1) is 21.9. The van der Waals surface area contributed by atoms with Crippen LogP contribution in [0.5, 0.6) is 0 Å². The Morgan fingerprint density at radius 3 is 2.81 bits per heavy atom. The van der Waals surface area contributed by atoms with Crippen molar-refractivity contribution in [3.8, 4) is 11.4 Å². The normalized spacial score (nSPS) is 15.6. The number of allylic oxidation sites excluding steroid dienone is 1. The van der Waals surface area contributed by atoms with Crippen molar-refractivity contribution in [1.29, 1.82) is 0 Å². The SMILES string of the molecule is CC1=CC(c2ccccc2Cl)N=C(Nc2nc3ccc(F)cc3o2)N1c1ccc(-c2nn[nH]n2)cn1. The van der Waals surface area contributed by atoms with Crippen molar-refractivity contribution in [2.75, 3.05) is 10.2 Å². The maximum absolute atomic E-state index is 13.7. The predicted octanol–water partition coefficient (Wildman–Crippen LogP) is 5.13. The molecule has 1 aliphatic rings. The Balaban J connectivity index is 1.40. The lowest BCUT2D eigenvalue weighted by atomic mass is 10.0. The van der Waals surface area contributed by atoms with E-state index in [4.69, 9.17) is 21.0 Å². The number of guanidine groups is 1. The Morgan fingerprint density at radius 2 is 2.03 bits per heavy atom. The zero-order chi connectivity index (χ0) is 24.6. The zero-order valence-corrected chi connectivity index (χ0v) is 19.5. The monoisotopic (exact) mass is 501 g/mol. The molecule has 0 bridgehead atoms. The number of nitrogens with zero attached hydrogens (tertiary/aromatic N) is 7. The van der Waals surface area contributed by atoms with Crippen molar-refractivity contribution >= 4 is 40.5 Å². The maximum atomic E-state index is 13.7. The minimum atomic E-state index is -0.412. The Morgan fingerprint density at radius 1 is 1.14 bits per heavy atom. The molecule has 5 aromatic rings. The van der Waals surface area contributed by atoms with Crippen molar-refractivity contribution < 1.29 is 8.81 Å². The average molecular weight is 502 g/mol. The average Bonchev–Trinajstić information content (AvgIpc) is 3.54. The molecule has 0 saturated carbocycles. The van der Waals surface area contributed by atoms with Crippen LogP contribution < -0.4 is 10.2 Å². The van der Waals surface area contributed by atoms with Gasteiger partial charge in [0.15, 0.2) is 5.58 Å². The van der Waals surface area contributed by atoms with Gasteiger partial charge in [0.25, 0.3) is 0 Å². The Bertz CT molecular complexity index is 1610. The molecular formula is C24H17ClFN9O. The zero-order valence-electron chi connectivity index (χ0n) is 18.7. The third kappa shape index (κ3) is 4.05. The fourth-order valence-corrected chi connectivity index (χ4v) is 4.18. The second-order valence-electron chi connectivity index (χ2n) is 7.96. The van der Waals surface area contributed by atoms with E-state index >= 15 is 0 Å². The van der Waals surface area contributed by atoms with Crippen LogP contribution in [0.25, 0.3) is 22.5 Å². The second-order valence-corrected chi connectivity index (χ2v) is 8.37. The number of hydrogen-bond acceptors (Lipinski definition) is 9. The highest BCUT2D eigenvalue weighted by molar-refractivity contribution is 6.31. The van der Waals surface area contributed by atoms with E-state index in [1.807, 2.05) is 54.3 Å².